The molecule has 492 valence electrons. The topological polar surface area (TPSA) is 18.5 Å². The van der Waals surface area contributed by atoms with Gasteiger partial charge < -0.3 is 9.47 Å². The molecule has 20 rings (SSSR count). The van der Waals surface area contributed by atoms with E-state index in [-0.39, 0.29) is 54.0 Å². The Morgan fingerprint density at radius 2 is 0.422 bits per heavy atom. The Balaban J connectivity index is 0.0000000987. The lowest BCUT2D eigenvalue weighted by molar-refractivity contribution is 0.452. The highest BCUT2D eigenvalue weighted by atomic mass is 32.2. The lowest BCUT2D eigenvalue weighted by Gasteiger charge is -2.19. The van der Waals surface area contributed by atoms with Crippen molar-refractivity contribution in [2.75, 3.05) is 0 Å². The maximum absolute atomic E-state index is 6.06. The van der Waals surface area contributed by atoms with Crippen LogP contribution < -0.4 is 9.47 Å². The lowest BCUT2D eigenvalue weighted by atomic mass is 10.0. The summed E-state index contributed by atoms with van der Waals surface area (Å²) in [5.74, 6) is 3.89. The molecule has 0 atom stereocenters. The molecule has 16 aromatic rings. The number of hydrogen-bond acceptors (Lipinski definition) is 2. The average molecular weight is 1410 g/mol. The van der Waals surface area contributed by atoms with E-state index in [1.165, 1.54) is 123 Å². The Morgan fingerprint density at radius 1 is 0.196 bits per heavy atom. The van der Waals surface area contributed by atoms with Gasteiger partial charge in [-0.2, -0.15) is 0 Å². The summed E-state index contributed by atoms with van der Waals surface area (Å²) in [6, 6.07) is 135. The second-order valence-corrected chi connectivity index (χ2v) is 35.2. The van der Waals surface area contributed by atoms with Crippen molar-refractivity contribution >= 4 is 74.2 Å². The van der Waals surface area contributed by atoms with Crippen LogP contribution in [0.25, 0.3) is 25.1 Å². The van der Waals surface area contributed by atoms with E-state index in [1.807, 2.05) is 36.4 Å². The molecule has 0 saturated heterocycles. The van der Waals surface area contributed by atoms with E-state index < -0.39 is 0 Å². The molecule has 0 spiro atoms. The normalized spacial score (nSPS) is 13.0. The molecule has 1 aromatic heterocycles. The molecule has 0 saturated carbocycles. The van der Waals surface area contributed by atoms with Gasteiger partial charge in [-0.1, -0.05) is 235 Å². The monoisotopic (exact) mass is 1410 g/mol. The van der Waals surface area contributed by atoms with Gasteiger partial charge in [0.25, 0.3) is 0 Å². The highest BCUT2D eigenvalue weighted by molar-refractivity contribution is 7.98. The zero-order valence-electron chi connectivity index (χ0n) is 57.1. The molecule has 15 aromatic carbocycles. The van der Waals surface area contributed by atoms with Gasteiger partial charge in [0.1, 0.15) is 21.8 Å². The summed E-state index contributed by atoms with van der Waals surface area (Å²) < 4.78 is 15.0. The van der Waals surface area contributed by atoms with E-state index in [0.717, 1.165) is 35.8 Å². The Bertz CT molecular complexity index is 5090. The molecule has 4 aliphatic heterocycles. The molecule has 0 radical (unpaired) electrons. The molecule has 0 bridgehead atoms. The Labute approximate surface area is 614 Å². The van der Waals surface area contributed by atoms with Gasteiger partial charge >= 0.3 is 0 Å². The van der Waals surface area contributed by atoms with Gasteiger partial charge in [-0.25, -0.2) is 0 Å². The fourth-order valence-corrected chi connectivity index (χ4v) is 25.2. The van der Waals surface area contributed by atoms with Crippen molar-refractivity contribution in [2.24, 2.45) is 0 Å². The smallest absolute Gasteiger partial charge is 0.209 e. The number of benzene rings is 15. The third-order valence-electron chi connectivity index (χ3n) is 18.5. The zero-order chi connectivity index (χ0) is 68.7. The van der Waals surface area contributed by atoms with Crippen molar-refractivity contribution in [3.8, 4) is 27.9 Å². The van der Waals surface area contributed by atoms with E-state index in [9.17, 15) is 0 Å². The number of aryl methyl sites for hydroxylation is 3. The third kappa shape index (κ3) is 13.8. The number of para-hydroxylation sites is 4. The maximum atomic E-state index is 6.06. The maximum Gasteiger partial charge on any atom is 0.209 e. The van der Waals surface area contributed by atoms with Crippen LogP contribution >= 0.6 is 10.5 Å². The van der Waals surface area contributed by atoms with Crippen LogP contribution in [0.3, 0.4) is 0 Å². The van der Waals surface area contributed by atoms with Gasteiger partial charge in [0.05, 0.1) is 21.8 Å². The molecule has 2 nitrogen and oxygen atoms in total. The summed E-state index contributed by atoms with van der Waals surface area (Å²) in [7, 11) is -0.0470. The highest BCUT2D eigenvalue weighted by Crippen LogP contribution is 2.51. The molecule has 5 heterocycles. The van der Waals surface area contributed by atoms with E-state index in [0.29, 0.717) is 0 Å². The first-order valence-corrected chi connectivity index (χ1v) is 40.7. The first-order valence-electron chi connectivity index (χ1n) is 34.6. The fourth-order valence-electron chi connectivity index (χ4n) is 13.6. The van der Waals surface area contributed by atoms with Gasteiger partial charge in [0.2, 0.25) is 19.6 Å². The van der Waals surface area contributed by atoms with Crippen LogP contribution in [0.15, 0.2) is 435 Å². The molecular formula is C95H75O2S5+5. The van der Waals surface area contributed by atoms with Crippen molar-refractivity contribution in [1.82, 2.24) is 0 Å². The minimum absolute atomic E-state index is 0.0338. The van der Waals surface area contributed by atoms with E-state index in [4.69, 9.17) is 9.47 Å². The largest absolute Gasteiger partial charge is 0.447 e. The van der Waals surface area contributed by atoms with Crippen molar-refractivity contribution in [3.63, 3.8) is 0 Å². The standard InChI is InChI=1S/C20H17S.C19H15OS.2C19H15S.C18H13OS/c1-15-10-12-18(13-11-15)21-19-8-4-2-6-16(19)14-17-7-3-5-9-20(17)21;1-14-10-12-15(13-11-14)21-18-8-4-2-6-16(18)20-17-7-3-5-9-19(17)21;1-14-10-12-15(13-11-14)20-18-8-4-2-6-16(18)17-7-3-5-9-19(17)20;1-2-10-17(11-3-1)20-18-12-6-4-8-15(18)14-16-9-5-7-13-19(16)20;1-2-8-14(9-3-1)20-17-12-6-4-10-15(17)19-16-11-5-7-13-18(16)20/h2-13H,14H2,1H3;2-13H,1H3;2-13H,1H3;1-13H,14H2;1-13H/q5*+1. The Kier molecular flexibility index (Phi) is 19.7. The van der Waals surface area contributed by atoms with Crippen molar-refractivity contribution in [3.05, 3.63) is 415 Å². The SMILES string of the molecule is Cc1ccc(-[s+]2c3ccccc3c3ccccc32)cc1.Cc1ccc([S+]2c3ccccc3Cc3ccccc32)cc1.Cc1ccc([S+]2c3ccccc3Oc3ccccc32)cc1.c1ccc([S+]2c3ccccc3Cc3ccccc32)cc1.c1ccc([S+]2c3ccccc3Oc3ccccc32)cc1. The van der Waals surface area contributed by atoms with Crippen molar-refractivity contribution in [1.29, 1.82) is 0 Å². The van der Waals surface area contributed by atoms with Crippen LogP contribution in [0, 0.1) is 20.8 Å². The molecule has 0 amide bonds. The first kappa shape index (κ1) is 66.1. The quantitative estimate of drug-likeness (QED) is 0.160. The summed E-state index contributed by atoms with van der Waals surface area (Å²) in [5, 5.41) is 2.79. The van der Waals surface area contributed by atoms with Crippen LogP contribution in [0.1, 0.15) is 38.9 Å². The van der Waals surface area contributed by atoms with Gasteiger partial charge in [-0.05, 0) is 178 Å². The average Bonchev–Trinajstić information content (AvgIpc) is 1.19. The predicted octanol–water partition coefficient (Wildman–Crippen LogP) is 25.8. The summed E-state index contributed by atoms with van der Waals surface area (Å²) in [6.07, 6.45) is 2.12. The number of rotatable bonds is 5. The minimum atomic E-state index is -0.0912. The molecule has 0 N–H and O–H groups in total. The minimum Gasteiger partial charge on any atom is -0.447 e. The van der Waals surface area contributed by atoms with Crippen LogP contribution in [-0.2, 0) is 56.4 Å². The van der Waals surface area contributed by atoms with E-state index >= 15 is 0 Å². The van der Waals surface area contributed by atoms with Crippen molar-refractivity contribution in [2.45, 2.75) is 92.4 Å². The van der Waals surface area contributed by atoms with Crippen molar-refractivity contribution < 1.29 is 9.47 Å². The van der Waals surface area contributed by atoms with Gasteiger partial charge in [0.15, 0.2) is 76.5 Å². The summed E-state index contributed by atoms with van der Waals surface area (Å²) in [4.78, 5) is 17.9. The lowest BCUT2D eigenvalue weighted by Crippen LogP contribution is -2.15. The number of ether oxygens (including phenoxy) is 2. The number of hydrogen-bond donors (Lipinski definition) is 0. The van der Waals surface area contributed by atoms with E-state index in [2.05, 4.69) is 360 Å². The van der Waals surface area contributed by atoms with Gasteiger partial charge in [-0.3, -0.25) is 0 Å². The Hall–Kier alpha value is -10.5. The highest BCUT2D eigenvalue weighted by Gasteiger charge is 2.42. The van der Waals surface area contributed by atoms with E-state index in [1.54, 1.807) is 0 Å². The Morgan fingerprint density at radius 3 is 0.735 bits per heavy atom. The second kappa shape index (κ2) is 30.4. The molecule has 102 heavy (non-hydrogen) atoms. The summed E-state index contributed by atoms with van der Waals surface area (Å²) >= 11 is 0. The van der Waals surface area contributed by atoms with Crippen LogP contribution in [0.2, 0.25) is 0 Å². The first-order chi connectivity index (χ1) is 50.4. The zero-order valence-corrected chi connectivity index (χ0v) is 61.2. The molecule has 7 heteroatoms. The molecule has 4 aliphatic rings. The molecule has 0 aliphatic carbocycles. The third-order valence-corrected chi connectivity index (χ3v) is 30.3. The van der Waals surface area contributed by atoms with Crippen LogP contribution in [-0.4, -0.2) is 0 Å². The summed E-state index contributed by atoms with van der Waals surface area (Å²) in [5.41, 5.74) is 9.81. The summed E-state index contributed by atoms with van der Waals surface area (Å²) in [6.45, 7) is 6.41. The number of fused-ring (bicyclic) bond motifs is 11. The molecule has 0 fully saturated rings. The van der Waals surface area contributed by atoms with Crippen LogP contribution in [0.5, 0.6) is 23.0 Å². The van der Waals surface area contributed by atoms with Gasteiger partial charge in [-0.15, -0.1) is 0 Å². The van der Waals surface area contributed by atoms with Gasteiger partial charge in [0, 0.05) is 56.3 Å². The second-order valence-electron chi connectivity index (χ2n) is 25.4. The molecular weight excluding hydrogens is 1330 g/mol. The number of thiophene rings is 1. The fraction of sp³-hybridized carbons (Fsp3) is 0.0526. The predicted molar refractivity (Wildman–Crippen MR) is 431 cm³/mol. The molecule has 0 unspecified atom stereocenters. The van der Waals surface area contributed by atoms with Crippen LogP contribution in [0.4, 0.5) is 0 Å².